The number of benzene rings is 3. The van der Waals surface area contributed by atoms with Crippen molar-refractivity contribution in [2.75, 3.05) is 7.11 Å². The minimum Gasteiger partial charge on any atom is -0.497 e. The van der Waals surface area contributed by atoms with Gasteiger partial charge in [-0.1, -0.05) is 30.3 Å². The molecule has 5 aromatic rings. The number of aromatic carboxylic acids is 1. The van der Waals surface area contributed by atoms with Crippen LogP contribution in [0.3, 0.4) is 0 Å². The summed E-state index contributed by atoms with van der Waals surface area (Å²) in [7, 11) is 1.54. The smallest absolute Gasteiger partial charge is 0.433 e. The number of carboxylic acid groups (broad SMARTS) is 1. The van der Waals surface area contributed by atoms with Gasteiger partial charge < -0.3 is 14.6 Å². The summed E-state index contributed by atoms with van der Waals surface area (Å²) in [5.74, 6) is -2.48. The summed E-state index contributed by atoms with van der Waals surface area (Å²) in [6.45, 7) is -0.244. The van der Waals surface area contributed by atoms with Crippen molar-refractivity contribution >= 4 is 5.97 Å². The molecule has 3 aromatic carbocycles. The van der Waals surface area contributed by atoms with Gasteiger partial charge in [0, 0.05) is 17.2 Å². The van der Waals surface area contributed by atoms with E-state index >= 15 is 0 Å². The fourth-order valence-electron chi connectivity index (χ4n) is 4.16. The maximum Gasteiger partial charge on any atom is 0.433 e. The summed E-state index contributed by atoms with van der Waals surface area (Å²) in [4.78, 5) is 15.4. The van der Waals surface area contributed by atoms with Crippen molar-refractivity contribution < 1.29 is 41.3 Å². The van der Waals surface area contributed by atoms with Crippen LogP contribution in [-0.2, 0) is 12.8 Å². The lowest BCUT2D eigenvalue weighted by Gasteiger charge is -2.14. The Morgan fingerprint density at radius 3 is 2.33 bits per heavy atom. The molecule has 0 aliphatic carbocycles. The number of halogens is 5. The van der Waals surface area contributed by atoms with Crippen LogP contribution in [0.5, 0.6) is 11.5 Å². The van der Waals surface area contributed by atoms with Crippen molar-refractivity contribution in [2.24, 2.45) is 0 Å². The van der Waals surface area contributed by atoms with Gasteiger partial charge in [0.2, 0.25) is 0 Å². The lowest BCUT2D eigenvalue weighted by atomic mass is 10.0. The summed E-state index contributed by atoms with van der Waals surface area (Å²) < 4.78 is 81.4. The van der Waals surface area contributed by atoms with E-state index in [1.807, 2.05) is 0 Å². The number of nitrogens with zero attached hydrogens (tertiary/aromatic N) is 3. The van der Waals surface area contributed by atoms with Crippen molar-refractivity contribution in [2.45, 2.75) is 12.8 Å². The number of aromatic nitrogens is 3. The van der Waals surface area contributed by atoms with Crippen molar-refractivity contribution in [1.82, 2.24) is 14.8 Å². The predicted octanol–water partition coefficient (Wildman–Crippen LogP) is 7.18. The monoisotopic (exact) mass is 581 g/mol. The number of ether oxygens (including phenoxy) is 2. The van der Waals surface area contributed by atoms with Crippen LogP contribution in [0.1, 0.15) is 21.7 Å². The average molecular weight is 581 g/mol. The Hall–Kier alpha value is -5.26. The molecule has 7 nitrogen and oxygen atoms in total. The lowest BCUT2D eigenvalue weighted by molar-refractivity contribution is -0.142. The molecule has 214 valence electrons. The second-order valence-corrected chi connectivity index (χ2v) is 8.97. The van der Waals surface area contributed by atoms with E-state index in [0.717, 1.165) is 17.7 Å². The molecule has 0 saturated heterocycles. The molecular weight excluding hydrogens is 561 g/mol. The van der Waals surface area contributed by atoms with Crippen LogP contribution in [0.2, 0.25) is 0 Å². The van der Waals surface area contributed by atoms with Crippen LogP contribution in [0.4, 0.5) is 22.0 Å². The van der Waals surface area contributed by atoms with Gasteiger partial charge >= 0.3 is 12.1 Å². The molecule has 12 heteroatoms. The standard InChI is InChI=1S/C30H20F5N3O4/c1-41-21-10-7-17(8-11-21)18-5-6-19(23(32)13-18)16-42-26-12-9-20(31)14-22(26)24-3-2-4-28(36-24)38-27(30(33,34)35)15-25(37-38)29(39)40/h2-15H,16H2,1H3,(H,39,40). The first-order valence-electron chi connectivity index (χ1n) is 12.3. The first-order chi connectivity index (χ1) is 20.0. The normalized spacial score (nSPS) is 11.4. The Labute approximate surface area is 235 Å². The maximum absolute atomic E-state index is 15.0. The molecule has 0 unspecified atom stereocenters. The Morgan fingerprint density at radius 1 is 0.929 bits per heavy atom. The van der Waals surface area contributed by atoms with Crippen LogP contribution >= 0.6 is 0 Å². The molecule has 2 heterocycles. The summed E-state index contributed by atoms with van der Waals surface area (Å²) in [5.41, 5.74) is -0.486. The number of carboxylic acids is 1. The Balaban J connectivity index is 1.44. The fourth-order valence-corrected chi connectivity index (χ4v) is 4.16. The van der Waals surface area contributed by atoms with Crippen LogP contribution in [0.15, 0.2) is 84.9 Å². The minimum absolute atomic E-state index is 0.0119. The number of rotatable bonds is 8. The van der Waals surface area contributed by atoms with E-state index in [2.05, 4.69) is 10.1 Å². The largest absolute Gasteiger partial charge is 0.497 e. The van der Waals surface area contributed by atoms with Gasteiger partial charge in [-0.05, 0) is 59.7 Å². The summed E-state index contributed by atoms with van der Waals surface area (Å²) in [5, 5.41) is 12.7. The molecule has 1 N–H and O–H groups in total. The second kappa shape index (κ2) is 11.3. The molecule has 0 saturated carbocycles. The first kappa shape index (κ1) is 28.3. The van der Waals surface area contributed by atoms with E-state index in [1.54, 1.807) is 43.5 Å². The molecular formula is C30H20F5N3O4. The van der Waals surface area contributed by atoms with Crippen molar-refractivity contribution in [3.05, 3.63) is 114 Å². The van der Waals surface area contributed by atoms with Gasteiger partial charge in [0.25, 0.3) is 0 Å². The van der Waals surface area contributed by atoms with Crippen LogP contribution < -0.4 is 9.47 Å². The van der Waals surface area contributed by atoms with Gasteiger partial charge in [-0.3, -0.25) is 0 Å². The van der Waals surface area contributed by atoms with Gasteiger partial charge in [0.15, 0.2) is 17.2 Å². The number of pyridine rings is 1. The molecule has 0 atom stereocenters. The van der Waals surface area contributed by atoms with Crippen LogP contribution in [0.25, 0.3) is 28.2 Å². The lowest BCUT2D eigenvalue weighted by Crippen LogP contribution is -2.14. The average Bonchev–Trinajstić information content (AvgIpc) is 3.44. The predicted molar refractivity (Wildman–Crippen MR) is 141 cm³/mol. The van der Waals surface area contributed by atoms with Crippen LogP contribution in [-0.4, -0.2) is 33.0 Å². The molecule has 0 fully saturated rings. The third-order valence-electron chi connectivity index (χ3n) is 6.25. The van der Waals surface area contributed by atoms with E-state index in [1.165, 1.54) is 30.3 Å². The zero-order chi connectivity index (χ0) is 30.0. The minimum atomic E-state index is -4.93. The van der Waals surface area contributed by atoms with E-state index in [4.69, 9.17) is 14.6 Å². The molecule has 0 aliphatic heterocycles. The van der Waals surface area contributed by atoms with Crippen molar-refractivity contribution in [3.8, 4) is 39.7 Å². The number of carbonyl (C=O) groups is 1. The van der Waals surface area contributed by atoms with Gasteiger partial charge in [0.05, 0.1) is 12.8 Å². The zero-order valence-corrected chi connectivity index (χ0v) is 21.7. The van der Waals surface area contributed by atoms with Crippen LogP contribution in [0, 0.1) is 11.6 Å². The molecule has 0 spiro atoms. The Bertz CT molecular complexity index is 1770. The van der Waals surface area contributed by atoms with Gasteiger partial charge in [-0.15, -0.1) is 0 Å². The SMILES string of the molecule is COc1ccc(-c2ccc(COc3ccc(F)cc3-c3cccc(-n4nc(C(=O)O)cc4C(F)(F)F)n3)c(F)c2)cc1. The highest BCUT2D eigenvalue weighted by Crippen LogP contribution is 2.34. The number of hydrogen-bond donors (Lipinski definition) is 1. The van der Waals surface area contributed by atoms with E-state index < -0.39 is 35.2 Å². The number of alkyl halides is 3. The second-order valence-electron chi connectivity index (χ2n) is 8.97. The molecule has 42 heavy (non-hydrogen) atoms. The molecule has 0 radical (unpaired) electrons. The highest BCUT2D eigenvalue weighted by Gasteiger charge is 2.37. The zero-order valence-electron chi connectivity index (χ0n) is 21.7. The maximum atomic E-state index is 15.0. The molecule has 5 rings (SSSR count). The van der Waals surface area contributed by atoms with Crippen molar-refractivity contribution in [3.63, 3.8) is 0 Å². The molecule has 0 bridgehead atoms. The third kappa shape index (κ3) is 5.92. The summed E-state index contributed by atoms with van der Waals surface area (Å²) >= 11 is 0. The molecule has 0 aliphatic rings. The third-order valence-corrected chi connectivity index (χ3v) is 6.25. The summed E-state index contributed by atoms with van der Waals surface area (Å²) in [6.07, 6.45) is -4.93. The summed E-state index contributed by atoms with van der Waals surface area (Å²) in [6, 6.07) is 19.5. The Morgan fingerprint density at radius 2 is 1.67 bits per heavy atom. The fraction of sp³-hybridized carbons (Fsp3) is 0.100. The Kier molecular flexibility index (Phi) is 7.62. The quantitative estimate of drug-likeness (QED) is 0.195. The van der Waals surface area contributed by atoms with Gasteiger partial charge in [0.1, 0.15) is 29.7 Å². The number of methoxy groups -OCH3 is 1. The number of hydrogen-bond acceptors (Lipinski definition) is 5. The molecule has 0 amide bonds. The van der Waals surface area contributed by atoms with E-state index in [-0.39, 0.29) is 35.0 Å². The van der Waals surface area contributed by atoms with Crippen molar-refractivity contribution in [1.29, 1.82) is 0 Å². The van der Waals surface area contributed by atoms with E-state index in [0.29, 0.717) is 22.1 Å². The highest BCUT2D eigenvalue weighted by atomic mass is 19.4. The van der Waals surface area contributed by atoms with E-state index in [9.17, 15) is 26.7 Å². The molecule has 2 aromatic heterocycles. The van der Waals surface area contributed by atoms with Gasteiger partial charge in [-0.2, -0.15) is 18.3 Å². The highest BCUT2D eigenvalue weighted by molar-refractivity contribution is 5.85. The van der Waals surface area contributed by atoms with Gasteiger partial charge in [-0.25, -0.2) is 23.2 Å². The first-order valence-corrected chi connectivity index (χ1v) is 12.3. The topological polar surface area (TPSA) is 86.5 Å².